The molecule has 0 aromatic heterocycles. The molecule has 1 aliphatic heterocycles. The molecule has 11 heteroatoms. The molecule has 1 aromatic carbocycles. The third kappa shape index (κ3) is 5.88. The fourth-order valence-corrected chi connectivity index (χ4v) is 6.37. The molecule has 194 valence electrons. The molecule has 2 amide bonds. The lowest BCUT2D eigenvalue weighted by Crippen LogP contribution is -2.48. The average Bonchev–Trinajstić information content (AvgIpc) is 3.45. The summed E-state index contributed by atoms with van der Waals surface area (Å²) in [4.78, 5) is 31.7. The Bertz CT molecular complexity index is 1040. The van der Waals surface area contributed by atoms with Gasteiger partial charge >= 0.3 is 6.09 Å². The van der Waals surface area contributed by atoms with Crippen molar-refractivity contribution in [3.63, 3.8) is 0 Å². The van der Waals surface area contributed by atoms with Crippen molar-refractivity contribution >= 4 is 37.0 Å². The summed E-state index contributed by atoms with van der Waals surface area (Å²) in [6.45, 7) is 13.8. The third-order valence-corrected chi connectivity index (χ3v) is 9.38. The van der Waals surface area contributed by atoms with Crippen LogP contribution in [0.1, 0.15) is 39.7 Å². The predicted octanol–water partition coefficient (Wildman–Crippen LogP) is 5.08. The third-order valence-electron chi connectivity index (χ3n) is 6.17. The topological polar surface area (TPSA) is 94.2 Å². The van der Waals surface area contributed by atoms with Gasteiger partial charge in [0.2, 0.25) is 5.91 Å². The molecule has 0 radical (unpaired) electrons. The first-order valence-electron chi connectivity index (χ1n) is 11.6. The highest BCUT2D eigenvalue weighted by Crippen LogP contribution is 2.66. The van der Waals surface area contributed by atoms with Crippen molar-refractivity contribution < 1.29 is 27.8 Å². The van der Waals surface area contributed by atoms with E-state index in [0.29, 0.717) is 13.0 Å². The number of hydrogen-bond acceptors (Lipinski definition) is 6. The monoisotopic (exact) mass is 527 g/mol. The summed E-state index contributed by atoms with van der Waals surface area (Å²) in [6, 6.07) is 4.75. The van der Waals surface area contributed by atoms with Crippen molar-refractivity contribution in [1.29, 1.82) is 0 Å². The molecular weight excluding hydrogens is 492 g/mol. The Morgan fingerprint density at radius 1 is 1.29 bits per heavy atom. The second-order valence-corrected chi connectivity index (χ2v) is 18.4. The van der Waals surface area contributed by atoms with Crippen LogP contribution in [0.4, 0.5) is 13.6 Å². The molecule has 0 bridgehead atoms. The average molecular weight is 528 g/mol. The van der Waals surface area contributed by atoms with E-state index >= 15 is 0 Å². The summed E-state index contributed by atoms with van der Waals surface area (Å²) in [6.07, 6.45) is -0.386. The van der Waals surface area contributed by atoms with Crippen molar-refractivity contribution in [3.8, 4) is 0 Å². The van der Waals surface area contributed by atoms with E-state index < -0.39 is 53.5 Å². The Labute approximate surface area is 210 Å². The maximum atomic E-state index is 14.9. The summed E-state index contributed by atoms with van der Waals surface area (Å²) < 4.78 is 39.4. The quantitative estimate of drug-likeness (QED) is 0.303. The van der Waals surface area contributed by atoms with Crippen LogP contribution in [0.25, 0.3) is 0 Å². The van der Waals surface area contributed by atoms with Crippen LogP contribution >= 0.6 is 11.8 Å². The maximum absolute atomic E-state index is 14.9. The normalized spacial score (nSPS) is 26.0. The van der Waals surface area contributed by atoms with Gasteiger partial charge in [-0.15, -0.1) is 0 Å². The number of aliphatic imine (C=N–C) groups is 1. The van der Waals surface area contributed by atoms with E-state index in [4.69, 9.17) is 20.2 Å². The molecule has 1 saturated carbocycles. The molecule has 1 fully saturated rings. The number of carbonyl (C=O) groups is 2. The van der Waals surface area contributed by atoms with Gasteiger partial charge in [0, 0.05) is 26.2 Å². The highest BCUT2D eigenvalue weighted by Gasteiger charge is 2.71. The number of amidine groups is 1. The lowest BCUT2D eigenvalue weighted by molar-refractivity contribution is -0.118. The molecule has 3 rings (SSSR count). The molecule has 2 N–H and O–H groups in total. The number of nitrogens with two attached hydrogens (primary N) is 1. The summed E-state index contributed by atoms with van der Waals surface area (Å²) in [5, 5.41) is 0.131. The number of ether oxygens (including phenoxy) is 2. The van der Waals surface area contributed by atoms with E-state index in [-0.39, 0.29) is 17.5 Å². The fraction of sp³-hybridized carbons (Fsp3) is 0.625. The van der Waals surface area contributed by atoms with Crippen LogP contribution < -0.4 is 5.73 Å². The minimum absolute atomic E-state index is 0.00668. The van der Waals surface area contributed by atoms with E-state index in [9.17, 15) is 18.4 Å². The number of fused-ring (bicyclic) bond motifs is 1. The Balaban J connectivity index is 2.03. The van der Waals surface area contributed by atoms with Crippen LogP contribution in [0, 0.1) is 17.6 Å². The zero-order valence-corrected chi connectivity index (χ0v) is 23.2. The Morgan fingerprint density at radius 2 is 1.94 bits per heavy atom. The number of nitrogens with zero attached hydrogens (tertiary/aromatic N) is 2. The Morgan fingerprint density at radius 3 is 2.51 bits per heavy atom. The van der Waals surface area contributed by atoms with E-state index in [1.807, 2.05) is 0 Å². The number of carbonyl (C=O) groups excluding carboxylic acids is 2. The van der Waals surface area contributed by atoms with Gasteiger partial charge in [0.25, 0.3) is 0 Å². The lowest BCUT2D eigenvalue weighted by Gasteiger charge is -2.37. The second-order valence-electron chi connectivity index (χ2n) is 11.5. The molecule has 3 atom stereocenters. The van der Waals surface area contributed by atoms with Gasteiger partial charge in [0.15, 0.2) is 16.8 Å². The first kappa shape index (κ1) is 27.6. The standard InChI is InChI=1S/C24H35F2N3O4SSi/c1-22(2,3)33-21(31)29(14-32-11-12-35(5,6)7)20-28-23(4,15-9-8-10-16(25)18(15)26)17-13-24(17,34-20)19(27)30/h8-10,17H,11-14H2,1-7H3,(H2,27,30)/t17?,23-,24+/m1/s1. The van der Waals surface area contributed by atoms with E-state index in [0.717, 1.165) is 23.9 Å². The van der Waals surface area contributed by atoms with E-state index in [2.05, 4.69) is 19.6 Å². The maximum Gasteiger partial charge on any atom is 0.418 e. The number of halogens is 2. The smallest absolute Gasteiger partial charge is 0.418 e. The van der Waals surface area contributed by atoms with Gasteiger partial charge in [-0.2, -0.15) is 0 Å². The molecule has 35 heavy (non-hydrogen) atoms. The van der Waals surface area contributed by atoms with Gasteiger partial charge in [-0.1, -0.05) is 43.5 Å². The molecule has 7 nitrogen and oxygen atoms in total. The zero-order chi connectivity index (χ0) is 26.4. The van der Waals surface area contributed by atoms with E-state index in [1.54, 1.807) is 27.7 Å². The number of primary amides is 1. The van der Waals surface area contributed by atoms with Gasteiger partial charge in [0.05, 0.1) is 5.54 Å². The van der Waals surface area contributed by atoms with Crippen LogP contribution in [-0.2, 0) is 19.8 Å². The van der Waals surface area contributed by atoms with Crippen molar-refractivity contribution in [2.45, 2.75) is 75.7 Å². The molecular formula is C24H35F2N3O4SSi. The zero-order valence-electron chi connectivity index (χ0n) is 21.4. The molecule has 2 aliphatic rings. The minimum Gasteiger partial charge on any atom is -0.443 e. The van der Waals surface area contributed by atoms with Crippen LogP contribution in [0.3, 0.4) is 0 Å². The Hall–Kier alpha value is -1.98. The van der Waals surface area contributed by atoms with Crippen LogP contribution in [0.5, 0.6) is 0 Å². The molecule has 1 aromatic rings. The second kappa shape index (κ2) is 9.47. The fourth-order valence-electron chi connectivity index (χ4n) is 4.09. The summed E-state index contributed by atoms with van der Waals surface area (Å²) in [7, 11) is -1.38. The molecule has 1 heterocycles. The highest BCUT2D eigenvalue weighted by molar-refractivity contribution is 8.16. The van der Waals surface area contributed by atoms with Crippen molar-refractivity contribution in [3.05, 3.63) is 35.4 Å². The predicted molar refractivity (Wildman–Crippen MR) is 136 cm³/mol. The largest absolute Gasteiger partial charge is 0.443 e. The van der Waals surface area contributed by atoms with Gasteiger partial charge < -0.3 is 15.2 Å². The molecule has 0 spiro atoms. The van der Waals surface area contributed by atoms with Gasteiger partial charge in [-0.25, -0.2) is 18.5 Å². The number of hydrogen-bond donors (Lipinski definition) is 1. The molecule has 1 aliphatic carbocycles. The first-order valence-corrected chi connectivity index (χ1v) is 16.1. The van der Waals surface area contributed by atoms with Crippen LogP contribution in [0.2, 0.25) is 25.7 Å². The number of benzene rings is 1. The number of rotatable bonds is 7. The van der Waals surface area contributed by atoms with Gasteiger partial charge in [-0.3, -0.25) is 9.79 Å². The molecule has 1 unspecified atom stereocenters. The van der Waals surface area contributed by atoms with Gasteiger partial charge in [0.1, 0.15) is 17.1 Å². The van der Waals surface area contributed by atoms with Crippen molar-refractivity contribution in [1.82, 2.24) is 4.90 Å². The molecule has 0 saturated heterocycles. The van der Waals surface area contributed by atoms with Gasteiger partial charge in [-0.05, 0) is 46.2 Å². The van der Waals surface area contributed by atoms with Crippen LogP contribution in [-0.4, -0.2) is 53.8 Å². The minimum atomic E-state index is -1.38. The Kier molecular flexibility index (Phi) is 7.47. The van der Waals surface area contributed by atoms with Crippen LogP contribution in [0.15, 0.2) is 23.2 Å². The lowest BCUT2D eigenvalue weighted by atomic mass is 9.85. The summed E-state index contributed by atoms with van der Waals surface area (Å²) in [5.41, 5.74) is 3.67. The first-order chi connectivity index (χ1) is 16.0. The van der Waals surface area contributed by atoms with Crippen molar-refractivity contribution in [2.75, 3.05) is 13.3 Å². The number of amides is 2. The number of thioether (sulfide) groups is 1. The summed E-state index contributed by atoms with van der Waals surface area (Å²) >= 11 is 1.06. The van der Waals surface area contributed by atoms with E-state index in [1.165, 1.54) is 17.0 Å². The SMILES string of the molecule is CC(C)(C)OC(=O)N(COCC[Si](C)(C)C)C1=N[C@](C)(c2cccc(F)c2F)C2C[C@]2(C(N)=O)S1. The highest BCUT2D eigenvalue weighted by atomic mass is 32.2. The summed E-state index contributed by atoms with van der Waals surface area (Å²) in [5.74, 6) is -3.09. The van der Waals surface area contributed by atoms with Crippen molar-refractivity contribution in [2.24, 2.45) is 16.6 Å².